The summed E-state index contributed by atoms with van der Waals surface area (Å²) >= 11 is 7.35. The second-order valence-electron chi connectivity index (χ2n) is 7.76. The molecule has 2 aliphatic rings. The van der Waals surface area contributed by atoms with Crippen LogP contribution in [0, 0.1) is 5.92 Å². The number of carbonyl (C=O) groups is 2. The van der Waals surface area contributed by atoms with Gasteiger partial charge in [0.1, 0.15) is 4.88 Å². The summed E-state index contributed by atoms with van der Waals surface area (Å²) in [6, 6.07) is 9.39. The third-order valence-corrected chi connectivity index (χ3v) is 7.36. The maximum Gasteiger partial charge on any atom is 0.348 e. The molecule has 0 radical (unpaired) electrons. The molecule has 4 rings (SSSR count). The Morgan fingerprint density at radius 2 is 1.89 bits per heavy atom. The molecule has 1 N–H and O–H groups in total. The number of aromatic carboxylic acids is 1. The van der Waals surface area contributed by atoms with Gasteiger partial charge in [0.2, 0.25) is 5.91 Å². The second kappa shape index (κ2) is 8.26. The van der Waals surface area contributed by atoms with E-state index >= 15 is 0 Å². The topological polar surface area (TPSA) is 57.6 Å². The molecular weight excluding hydrogens is 394 g/mol. The van der Waals surface area contributed by atoms with Crippen molar-refractivity contribution in [1.29, 1.82) is 0 Å². The number of hydrogen-bond acceptors (Lipinski definition) is 3. The van der Waals surface area contributed by atoms with Crippen LogP contribution in [-0.2, 0) is 4.79 Å². The summed E-state index contributed by atoms with van der Waals surface area (Å²) in [4.78, 5) is 27.8. The Morgan fingerprint density at radius 3 is 2.61 bits per heavy atom. The number of carbonyl (C=O) groups excluding carboxylic acids is 1. The van der Waals surface area contributed by atoms with Gasteiger partial charge in [0.05, 0.1) is 5.69 Å². The van der Waals surface area contributed by atoms with Gasteiger partial charge in [0.15, 0.2) is 0 Å². The number of anilines is 1. The number of hydrogen-bond donors (Lipinski definition) is 1. The molecule has 2 heterocycles. The minimum Gasteiger partial charge on any atom is -0.477 e. The molecule has 1 saturated heterocycles. The summed E-state index contributed by atoms with van der Waals surface area (Å²) in [6.07, 6.45) is 8.25. The number of piperidine rings is 1. The normalized spacial score (nSPS) is 21.1. The summed E-state index contributed by atoms with van der Waals surface area (Å²) < 4.78 is 0. The number of carboxylic acid groups (broad SMARTS) is 1. The molecule has 4 nitrogen and oxygen atoms in total. The highest BCUT2D eigenvalue weighted by Crippen LogP contribution is 2.43. The van der Waals surface area contributed by atoms with E-state index in [9.17, 15) is 14.7 Å². The second-order valence-corrected chi connectivity index (χ2v) is 9.25. The van der Waals surface area contributed by atoms with E-state index in [2.05, 4.69) is 0 Å². The van der Waals surface area contributed by atoms with Gasteiger partial charge < -0.3 is 10.0 Å². The average molecular weight is 418 g/mol. The fourth-order valence-corrected chi connectivity index (χ4v) is 5.85. The smallest absolute Gasteiger partial charge is 0.348 e. The van der Waals surface area contributed by atoms with Crippen LogP contribution < -0.4 is 4.90 Å². The molecule has 2 fully saturated rings. The van der Waals surface area contributed by atoms with Crippen LogP contribution in [0.4, 0.5) is 5.69 Å². The van der Waals surface area contributed by atoms with E-state index in [0.29, 0.717) is 23.0 Å². The van der Waals surface area contributed by atoms with Gasteiger partial charge in [0.25, 0.3) is 0 Å². The SMILES string of the molecule is O=C(O)c1sc(-c2cccc(Cl)c2)cc1N1C(=O)CCCC1C1CCCCC1. The largest absolute Gasteiger partial charge is 0.477 e. The Hall–Kier alpha value is -1.85. The Kier molecular flexibility index (Phi) is 5.74. The highest BCUT2D eigenvalue weighted by atomic mass is 35.5. The van der Waals surface area contributed by atoms with E-state index in [-0.39, 0.29) is 16.8 Å². The molecule has 1 unspecified atom stereocenters. The number of nitrogens with zero attached hydrogens (tertiary/aromatic N) is 1. The zero-order valence-corrected chi connectivity index (χ0v) is 17.3. The predicted molar refractivity (Wildman–Crippen MR) is 113 cm³/mol. The van der Waals surface area contributed by atoms with E-state index in [4.69, 9.17) is 11.6 Å². The monoisotopic (exact) mass is 417 g/mol. The number of benzene rings is 1. The van der Waals surface area contributed by atoms with Crippen molar-refractivity contribution in [1.82, 2.24) is 0 Å². The van der Waals surface area contributed by atoms with Crippen molar-refractivity contribution in [3.8, 4) is 10.4 Å². The molecule has 2 aromatic rings. The van der Waals surface area contributed by atoms with Gasteiger partial charge in [0, 0.05) is 22.4 Å². The van der Waals surface area contributed by atoms with Crippen LogP contribution in [0.5, 0.6) is 0 Å². The van der Waals surface area contributed by atoms with E-state index < -0.39 is 5.97 Å². The van der Waals surface area contributed by atoms with E-state index in [1.165, 1.54) is 30.6 Å². The zero-order valence-electron chi connectivity index (χ0n) is 15.7. The summed E-state index contributed by atoms with van der Waals surface area (Å²) in [5.74, 6) is -0.456. The third-order valence-electron chi connectivity index (χ3n) is 5.96. The Balaban J connectivity index is 1.76. The number of amides is 1. The molecule has 0 spiro atoms. The molecule has 1 aromatic heterocycles. The van der Waals surface area contributed by atoms with E-state index in [1.54, 1.807) is 6.07 Å². The van der Waals surface area contributed by atoms with Crippen molar-refractivity contribution >= 4 is 40.5 Å². The first-order valence-corrected chi connectivity index (χ1v) is 11.2. The fraction of sp³-hybridized carbons (Fsp3) is 0.455. The zero-order chi connectivity index (χ0) is 19.7. The lowest BCUT2D eigenvalue weighted by Crippen LogP contribution is -2.48. The van der Waals surface area contributed by atoms with Crippen LogP contribution in [0.25, 0.3) is 10.4 Å². The van der Waals surface area contributed by atoms with Gasteiger partial charge in [-0.1, -0.05) is 43.0 Å². The van der Waals surface area contributed by atoms with Crippen LogP contribution in [0.15, 0.2) is 30.3 Å². The van der Waals surface area contributed by atoms with Gasteiger partial charge in [-0.15, -0.1) is 11.3 Å². The molecule has 1 atom stereocenters. The number of carboxylic acids is 1. The van der Waals surface area contributed by atoms with Crippen molar-refractivity contribution in [2.75, 3.05) is 4.90 Å². The van der Waals surface area contributed by atoms with Gasteiger partial charge >= 0.3 is 5.97 Å². The van der Waals surface area contributed by atoms with Gasteiger partial charge in [-0.2, -0.15) is 0 Å². The molecule has 1 amide bonds. The molecular formula is C22H24ClNO3S. The van der Waals surface area contributed by atoms with Crippen LogP contribution >= 0.6 is 22.9 Å². The van der Waals surface area contributed by atoms with Crippen molar-refractivity contribution in [2.24, 2.45) is 5.92 Å². The number of halogens is 1. The van der Waals surface area contributed by atoms with Crippen molar-refractivity contribution in [2.45, 2.75) is 57.4 Å². The first-order valence-electron chi connectivity index (χ1n) is 9.99. The minimum atomic E-state index is -0.978. The van der Waals surface area contributed by atoms with Crippen LogP contribution in [0.2, 0.25) is 5.02 Å². The molecule has 1 aromatic carbocycles. The van der Waals surface area contributed by atoms with Crippen molar-refractivity contribution in [3.63, 3.8) is 0 Å². The molecule has 6 heteroatoms. The van der Waals surface area contributed by atoms with Crippen LogP contribution in [-0.4, -0.2) is 23.0 Å². The highest BCUT2D eigenvalue weighted by Gasteiger charge is 2.38. The van der Waals surface area contributed by atoms with Gasteiger partial charge in [-0.05, 0) is 55.4 Å². The standard InChI is InChI=1S/C22H24ClNO3S/c23-16-9-4-8-15(12-16)19-13-18(21(28-19)22(26)27)24-17(10-5-11-20(24)25)14-6-2-1-3-7-14/h4,8-9,12-14,17H,1-3,5-7,10-11H2,(H,26,27). The first kappa shape index (κ1) is 19.5. The molecule has 148 valence electrons. The Morgan fingerprint density at radius 1 is 1.11 bits per heavy atom. The fourth-order valence-electron chi connectivity index (χ4n) is 4.67. The predicted octanol–water partition coefficient (Wildman–Crippen LogP) is 6.23. The summed E-state index contributed by atoms with van der Waals surface area (Å²) in [5, 5.41) is 10.5. The van der Waals surface area contributed by atoms with Crippen LogP contribution in [0.3, 0.4) is 0 Å². The molecule has 1 saturated carbocycles. The maximum absolute atomic E-state index is 12.9. The molecule has 0 bridgehead atoms. The molecule has 1 aliphatic carbocycles. The van der Waals surface area contributed by atoms with Crippen molar-refractivity contribution in [3.05, 3.63) is 40.2 Å². The molecule has 28 heavy (non-hydrogen) atoms. The Labute approximate surface area is 174 Å². The van der Waals surface area contributed by atoms with Gasteiger partial charge in [-0.3, -0.25) is 4.79 Å². The average Bonchev–Trinajstić information content (AvgIpc) is 3.14. The lowest BCUT2D eigenvalue weighted by Gasteiger charge is -2.41. The summed E-state index contributed by atoms with van der Waals surface area (Å²) in [5.41, 5.74) is 1.44. The van der Waals surface area contributed by atoms with E-state index in [0.717, 1.165) is 36.1 Å². The minimum absolute atomic E-state index is 0.0553. The Bertz CT molecular complexity index is 888. The van der Waals surface area contributed by atoms with E-state index in [1.807, 2.05) is 29.2 Å². The van der Waals surface area contributed by atoms with Crippen LogP contribution in [0.1, 0.15) is 61.0 Å². The lowest BCUT2D eigenvalue weighted by molar-refractivity contribution is -0.120. The lowest BCUT2D eigenvalue weighted by atomic mass is 9.79. The molecule has 1 aliphatic heterocycles. The van der Waals surface area contributed by atoms with Gasteiger partial charge in [-0.25, -0.2) is 4.79 Å². The third kappa shape index (κ3) is 3.83. The maximum atomic E-state index is 12.9. The first-order chi connectivity index (χ1) is 13.5. The summed E-state index contributed by atoms with van der Waals surface area (Å²) in [6.45, 7) is 0. The number of thiophene rings is 1. The van der Waals surface area contributed by atoms with Crippen molar-refractivity contribution < 1.29 is 14.7 Å². The summed E-state index contributed by atoms with van der Waals surface area (Å²) in [7, 11) is 0. The quantitative estimate of drug-likeness (QED) is 0.641. The number of rotatable bonds is 4. The highest BCUT2D eigenvalue weighted by molar-refractivity contribution is 7.18.